The van der Waals surface area contributed by atoms with Gasteiger partial charge in [-0.15, -0.1) is 0 Å². The zero-order valence-electron chi connectivity index (χ0n) is 9.64. The molecular formula is C11H21NO3S. The maximum atomic E-state index is 11.6. The third-order valence-electron chi connectivity index (χ3n) is 3.89. The number of aliphatic hydroxyl groups excluding tert-OH is 1. The van der Waals surface area contributed by atoms with Crippen LogP contribution in [0.15, 0.2) is 0 Å². The molecule has 1 N–H and O–H groups in total. The van der Waals surface area contributed by atoms with Gasteiger partial charge in [-0.3, -0.25) is 0 Å². The second-order valence-electron chi connectivity index (χ2n) is 5.10. The van der Waals surface area contributed by atoms with Gasteiger partial charge in [0.2, 0.25) is 10.0 Å². The number of sulfonamides is 1. The van der Waals surface area contributed by atoms with E-state index >= 15 is 0 Å². The van der Waals surface area contributed by atoms with Gasteiger partial charge >= 0.3 is 0 Å². The summed E-state index contributed by atoms with van der Waals surface area (Å²) in [6.07, 6.45) is 5.02. The van der Waals surface area contributed by atoms with Gasteiger partial charge in [0, 0.05) is 19.7 Å². The minimum Gasteiger partial charge on any atom is -0.396 e. The molecule has 0 amide bonds. The van der Waals surface area contributed by atoms with E-state index in [2.05, 4.69) is 0 Å². The molecule has 0 aromatic carbocycles. The number of nitrogens with zero attached hydrogens (tertiary/aromatic N) is 1. The van der Waals surface area contributed by atoms with Crippen LogP contribution in [-0.2, 0) is 10.0 Å². The van der Waals surface area contributed by atoms with E-state index in [9.17, 15) is 8.42 Å². The van der Waals surface area contributed by atoms with Crippen LogP contribution in [0.1, 0.15) is 32.1 Å². The molecule has 0 unspecified atom stereocenters. The standard InChI is InChI=1S/C11H21NO3S/c13-9-11-4-2-10(3-5-11)8-12-6-1-7-16(12,14)15/h10-11,13H,1-9H2. The first-order valence-corrected chi connectivity index (χ1v) is 7.81. The second kappa shape index (κ2) is 5.02. The van der Waals surface area contributed by atoms with Gasteiger partial charge in [-0.25, -0.2) is 12.7 Å². The number of rotatable bonds is 3. The lowest BCUT2D eigenvalue weighted by molar-refractivity contribution is 0.159. The lowest BCUT2D eigenvalue weighted by Gasteiger charge is -2.29. The van der Waals surface area contributed by atoms with Crippen LogP contribution < -0.4 is 0 Å². The molecule has 16 heavy (non-hydrogen) atoms. The number of hydrogen-bond donors (Lipinski definition) is 1. The molecule has 0 aromatic heterocycles. The van der Waals surface area contributed by atoms with Gasteiger partial charge in [0.05, 0.1) is 5.75 Å². The molecule has 5 heteroatoms. The first kappa shape index (κ1) is 12.3. The van der Waals surface area contributed by atoms with Crippen molar-refractivity contribution in [2.75, 3.05) is 25.4 Å². The van der Waals surface area contributed by atoms with Gasteiger partial charge in [-0.2, -0.15) is 0 Å². The van der Waals surface area contributed by atoms with Crippen molar-refractivity contribution < 1.29 is 13.5 Å². The molecule has 0 bridgehead atoms. The Morgan fingerprint density at radius 2 is 1.75 bits per heavy atom. The van der Waals surface area contributed by atoms with E-state index in [0.717, 1.165) is 32.1 Å². The average Bonchev–Trinajstić information content (AvgIpc) is 2.59. The van der Waals surface area contributed by atoms with Gasteiger partial charge in [-0.1, -0.05) is 0 Å². The van der Waals surface area contributed by atoms with Crippen LogP contribution in [0, 0.1) is 11.8 Å². The Morgan fingerprint density at radius 3 is 2.25 bits per heavy atom. The smallest absolute Gasteiger partial charge is 0.214 e. The summed E-state index contributed by atoms with van der Waals surface area (Å²) in [5.41, 5.74) is 0. The van der Waals surface area contributed by atoms with E-state index in [1.807, 2.05) is 0 Å². The lowest BCUT2D eigenvalue weighted by atomic mass is 9.82. The molecule has 1 aliphatic carbocycles. The van der Waals surface area contributed by atoms with Crippen molar-refractivity contribution in [2.24, 2.45) is 11.8 Å². The highest BCUT2D eigenvalue weighted by molar-refractivity contribution is 7.89. The zero-order chi connectivity index (χ0) is 11.6. The Labute approximate surface area is 97.7 Å². The Balaban J connectivity index is 1.83. The van der Waals surface area contributed by atoms with Gasteiger partial charge in [0.15, 0.2) is 0 Å². The highest BCUT2D eigenvalue weighted by Crippen LogP contribution is 2.30. The topological polar surface area (TPSA) is 57.6 Å². The van der Waals surface area contributed by atoms with E-state index < -0.39 is 10.0 Å². The predicted molar refractivity (Wildman–Crippen MR) is 62.5 cm³/mol. The summed E-state index contributed by atoms with van der Waals surface area (Å²) >= 11 is 0. The lowest BCUT2D eigenvalue weighted by Crippen LogP contribution is -2.33. The zero-order valence-corrected chi connectivity index (χ0v) is 10.5. The molecule has 1 aliphatic heterocycles. The number of aliphatic hydroxyl groups is 1. The predicted octanol–water partition coefficient (Wildman–Crippen LogP) is 0.821. The fraction of sp³-hybridized carbons (Fsp3) is 1.00. The minimum absolute atomic E-state index is 0.286. The number of hydrogen-bond acceptors (Lipinski definition) is 3. The van der Waals surface area contributed by atoms with Crippen molar-refractivity contribution in [2.45, 2.75) is 32.1 Å². The molecule has 0 spiro atoms. The van der Waals surface area contributed by atoms with Crippen LogP contribution >= 0.6 is 0 Å². The molecule has 94 valence electrons. The first-order chi connectivity index (χ1) is 7.62. The maximum Gasteiger partial charge on any atom is 0.214 e. The minimum atomic E-state index is -2.92. The van der Waals surface area contributed by atoms with E-state index in [4.69, 9.17) is 5.11 Å². The summed E-state index contributed by atoms with van der Waals surface area (Å²) in [4.78, 5) is 0. The quantitative estimate of drug-likeness (QED) is 0.803. The van der Waals surface area contributed by atoms with Gasteiger partial charge in [-0.05, 0) is 43.9 Å². The van der Waals surface area contributed by atoms with Gasteiger partial charge < -0.3 is 5.11 Å². The summed E-state index contributed by atoms with van der Waals surface area (Å²) in [5.74, 6) is 1.29. The third kappa shape index (κ3) is 2.76. The normalized spacial score (nSPS) is 35.3. The molecule has 1 saturated carbocycles. The molecule has 0 atom stereocenters. The van der Waals surface area contributed by atoms with E-state index in [1.54, 1.807) is 4.31 Å². The molecule has 0 radical (unpaired) electrons. The fourth-order valence-corrected chi connectivity index (χ4v) is 4.38. The Hall–Kier alpha value is -0.130. The van der Waals surface area contributed by atoms with Crippen LogP contribution in [0.3, 0.4) is 0 Å². The first-order valence-electron chi connectivity index (χ1n) is 6.20. The molecule has 4 nitrogen and oxygen atoms in total. The summed E-state index contributed by atoms with van der Waals surface area (Å²) in [6.45, 7) is 1.71. The van der Waals surface area contributed by atoms with Crippen LogP contribution in [0.25, 0.3) is 0 Å². The summed E-state index contributed by atoms with van der Waals surface area (Å²) < 4.78 is 24.9. The monoisotopic (exact) mass is 247 g/mol. The fourth-order valence-electron chi connectivity index (χ4n) is 2.78. The van der Waals surface area contributed by atoms with Crippen molar-refractivity contribution >= 4 is 10.0 Å². The van der Waals surface area contributed by atoms with Crippen LogP contribution in [-0.4, -0.2) is 43.3 Å². The van der Waals surface area contributed by atoms with Crippen molar-refractivity contribution in [1.82, 2.24) is 4.31 Å². The Morgan fingerprint density at radius 1 is 1.12 bits per heavy atom. The molecular weight excluding hydrogens is 226 g/mol. The molecule has 2 aliphatic rings. The van der Waals surface area contributed by atoms with E-state index in [1.165, 1.54) is 0 Å². The largest absolute Gasteiger partial charge is 0.396 e. The highest BCUT2D eigenvalue weighted by atomic mass is 32.2. The molecule has 0 aromatic rings. The third-order valence-corrected chi connectivity index (χ3v) is 5.81. The van der Waals surface area contributed by atoms with Gasteiger partial charge in [0.1, 0.15) is 0 Å². The van der Waals surface area contributed by atoms with Gasteiger partial charge in [0.25, 0.3) is 0 Å². The average molecular weight is 247 g/mol. The highest BCUT2D eigenvalue weighted by Gasteiger charge is 2.31. The molecule has 1 saturated heterocycles. The molecule has 2 fully saturated rings. The Kier molecular flexibility index (Phi) is 3.87. The maximum absolute atomic E-state index is 11.6. The van der Waals surface area contributed by atoms with Crippen molar-refractivity contribution in [1.29, 1.82) is 0 Å². The summed E-state index contributed by atoms with van der Waals surface area (Å²) in [7, 11) is -2.92. The van der Waals surface area contributed by atoms with Crippen molar-refractivity contribution in [3.63, 3.8) is 0 Å². The van der Waals surface area contributed by atoms with Crippen molar-refractivity contribution in [3.05, 3.63) is 0 Å². The van der Waals surface area contributed by atoms with Crippen LogP contribution in [0.5, 0.6) is 0 Å². The molecule has 2 rings (SSSR count). The van der Waals surface area contributed by atoms with E-state index in [-0.39, 0.29) is 6.61 Å². The Bertz CT molecular complexity index is 320. The summed E-state index contributed by atoms with van der Waals surface area (Å²) in [6, 6.07) is 0. The van der Waals surface area contributed by atoms with E-state index in [0.29, 0.717) is 30.7 Å². The van der Waals surface area contributed by atoms with Crippen molar-refractivity contribution in [3.8, 4) is 0 Å². The second-order valence-corrected chi connectivity index (χ2v) is 7.19. The van der Waals surface area contributed by atoms with Crippen LogP contribution in [0.4, 0.5) is 0 Å². The van der Waals surface area contributed by atoms with Crippen LogP contribution in [0.2, 0.25) is 0 Å². The SMILES string of the molecule is O=S1(=O)CCCN1CC1CCC(CO)CC1. The molecule has 1 heterocycles. The summed E-state index contributed by atoms with van der Waals surface area (Å²) in [5, 5.41) is 9.04.